The van der Waals surface area contributed by atoms with Gasteiger partial charge in [-0.25, -0.2) is 23.1 Å². The van der Waals surface area contributed by atoms with Crippen LogP contribution < -0.4 is 15.5 Å². The van der Waals surface area contributed by atoms with Crippen molar-refractivity contribution in [3.05, 3.63) is 84.8 Å². The summed E-state index contributed by atoms with van der Waals surface area (Å²) in [5.41, 5.74) is 0.544. The number of para-hydroxylation sites is 1. The molecule has 11 heteroatoms. The van der Waals surface area contributed by atoms with Crippen LogP contribution in [-0.4, -0.2) is 64.2 Å². The minimum atomic E-state index is -1.07. The van der Waals surface area contributed by atoms with Crippen molar-refractivity contribution in [2.45, 2.75) is 19.4 Å². The van der Waals surface area contributed by atoms with Gasteiger partial charge in [-0.2, -0.15) is 0 Å². The van der Waals surface area contributed by atoms with E-state index in [1.165, 1.54) is 36.5 Å². The Bertz CT molecular complexity index is 1650. The maximum absolute atomic E-state index is 15.2. The third kappa shape index (κ3) is 6.37. The fourth-order valence-corrected chi connectivity index (χ4v) is 5.03. The number of rotatable bonds is 8. The Morgan fingerprint density at radius 1 is 1.05 bits per heavy atom. The molecule has 4 aromatic rings. The van der Waals surface area contributed by atoms with Gasteiger partial charge in [0.1, 0.15) is 5.82 Å². The average molecular weight is 577 g/mol. The molecule has 1 aliphatic heterocycles. The van der Waals surface area contributed by atoms with Gasteiger partial charge in [-0.15, -0.1) is 0 Å². The van der Waals surface area contributed by atoms with E-state index in [2.05, 4.69) is 32.1 Å². The topological polar surface area (TPSA) is 93.6 Å². The number of hydrogen-bond acceptors (Lipinski definition) is 7. The van der Waals surface area contributed by atoms with E-state index in [1.54, 1.807) is 36.9 Å². The lowest BCUT2D eigenvalue weighted by atomic mass is 10.0. The molecule has 1 fully saturated rings. The zero-order valence-corrected chi connectivity index (χ0v) is 23.3. The molecule has 0 saturated carbocycles. The van der Waals surface area contributed by atoms with Crippen LogP contribution >= 0.6 is 0 Å². The van der Waals surface area contributed by atoms with E-state index in [-0.39, 0.29) is 22.9 Å². The molecule has 3 N–H and O–H groups in total. The SMILES string of the molecule is C=CC(=O)Nc1ccc(F)c(-c2cccc3cnc(Nc4ccc(N5CCN(CC(C)(C)O)CC5)c(F)c4F)nc23)c1. The summed E-state index contributed by atoms with van der Waals surface area (Å²) < 4.78 is 45.4. The summed E-state index contributed by atoms with van der Waals surface area (Å²) in [6, 6.07) is 12.2. The zero-order valence-electron chi connectivity index (χ0n) is 23.3. The second kappa shape index (κ2) is 11.8. The number of aliphatic hydroxyl groups is 1. The van der Waals surface area contributed by atoms with Gasteiger partial charge >= 0.3 is 0 Å². The number of amides is 1. The highest BCUT2D eigenvalue weighted by atomic mass is 19.2. The molecule has 0 radical (unpaired) electrons. The molecule has 42 heavy (non-hydrogen) atoms. The minimum Gasteiger partial charge on any atom is -0.389 e. The van der Waals surface area contributed by atoms with E-state index >= 15 is 8.78 Å². The molecule has 3 aromatic carbocycles. The first-order valence-corrected chi connectivity index (χ1v) is 13.5. The predicted octanol–water partition coefficient (Wildman–Crippen LogP) is 5.48. The van der Waals surface area contributed by atoms with Crippen molar-refractivity contribution in [1.29, 1.82) is 0 Å². The molecule has 8 nitrogen and oxygen atoms in total. The average Bonchev–Trinajstić information content (AvgIpc) is 2.96. The highest BCUT2D eigenvalue weighted by Crippen LogP contribution is 2.33. The summed E-state index contributed by atoms with van der Waals surface area (Å²) in [4.78, 5) is 24.3. The number of halogens is 3. The van der Waals surface area contributed by atoms with Crippen LogP contribution in [0, 0.1) is 17.5 Å². The number of hydrogen-bond donors (Lipinski definition) is 3. The summed E-state index contributed by atoms with van der Waals surface area (Å²) in [6.07, 6.45) is 2.62. The lowest BCUT2D eigenvalue weighted by molar-refractivity contribution is -0.111. The van der Waals surface area contributed by atoms with Crippen molar-refractivity contribution in [2.24, 2.45) is 0 Å². The van der Waals surface area contributed by atoms with Crippen LogP contribution in [0.4, 0.5) is 36.2 Å². The van der Waals surface area contributed by atoms with Crippen LogP contribution in [0.15, 0.2) is 67.4 Å². The molecule has 0 atom stereocenters. The highest BCUT2D eigenvalue weighted by Gasteiger charge is 2.26. The quantitative estimate of drug-likeness (QED) is 0.240. The Kier molecular flexibility index (Phi) is 8.15. The van der Waals surface area contributed by atoms with Crippen LogP contribution in [-0.2, 0) is 4.79 Å². The number of fused-ring (bicyclic) bond motifs is 1. The van der Waals surface area contributed by atoms with Gasteiger partial charge in [0.15, 0.2) is 11.6 Å². The molecule has 0 aliphatic carbocycles. The second-order valence-electron chi connectivity index (χ2n) is 10.8. The van der Waals surface area contributed by atoms with E-state index in [1.807, 2.05) is 0 Å². The van der Waals surface area contributed by atoms with Crippen molar-refractivity contribution in [3.8, 4) is 11.1 Å². The molecule has 1 saturated heterocycles. The molecule has 218 valence electrons. The monoisotopic (exact) mass is 576 g/mol. The molecular weight excluding hydrogens is 545 g/mol. The molecular formula is C31H31F3N6O2. The number of carbonyl (C=O) groups is 1. The fraction of sp³-hybridized carbons (Fsp3) is 0.258. The number of β-amino-alcohol motifs (C(OH)–C–C–N with tert-alkyl or cyclic N) is 1. The number of anilines is 4. The predicted molar refractivity (Wildman–Crippen MR) is 158 cm³/mol. The lowest BCUT2D eigenvalue weighted by Crippen LogP contribution is -2.50. The van der Waals surface area contributed by atoms with Gasteiger partial charge in [0, 0.05) is 61.1 Å². The Morgan fingerprint density at radius 2 is 1.81 bits per heavy atom. The van der Waals surface area contributed by atoms with E-state index in [4.69, 9.17) is 0 Å². The van der Waals surface area contributed by atoms with E-state index in [0.717, 1.165) is 6.08 Å². The van der Waals surface area contributed by atoms with Gasteiger partial charge in [-0.1, -0.05) is 24.8 Å². The molecule has 2 heterocycles. The lowest BCUT2D eigenvalue weighted by Gasteiger charge is -2.38. The van der Waals surface area contributed by atoms with Crippen LogP contribution in [0.5, 0.6) is 0 Å². The smallest absolute Gasteiger partial charge is 0.247 e. The van der Waals surface area contributed by atoms with Gasteiger partial charge in [0.2, 0.25) is 11.9 Å². The molecule has 0 bridgehead atoms. The maximum Gasteiger partial charge on any atom is 0.247 e. The van der Waals surface area contributed by atoms with Crippen molar-refractivity contribution in [3.63, 3.8) is 0 Å². The number of aromatic nitrogens is 2. The molecule has 1 aromatic heterocycles. The minimum absolute atomic E-state index is 0.00208. The molecule has 1 amide bonds. The number of carbonyl (C=O) groups excluding carboxylic acids is 1. The van der Waals surface area contributed by atoms with E-state index in [9.17, 15) is 14.3 Å². The third-order valence-electron chi connectivity index (χ3n) is 6.95. The summed E-state index contributed by atoms with van der Waals surface area (Å²) in [7, 11) is 0. The molecule has 5 rings (SSSR count). The van der Waals surface area contributed by atoms with E-state index in [0.29, 0.717) is 54.9 Å². The maximum atomic E-state index is 15.2. The van der Waals surface area contributed by atoms with Crippen LogP contribution in [0.25, 0.3) is 22.0 Å². The normalized spacial score (nSPS) is 14.2. The van der Waals surface area contributed by atoms with Crippen molar-refractivity contribution in [1.82, 2.24) is 14.9 Å². The largest absolute Gasteiger partial charge is 0.389 e. The van der Waals surface area contributed by atoms with Gasteiger partial charge in [0.25, 0.3) is 0 Å². The van der Waals surface area contributed by atoms with Crippen molar-refractivity contribution >= 4 is 39.8 Å². The van der Waals surface area contributed by atoms with E-state index < -0.39 is 29.0 Å². The molecule has 0 unspecified atom stereocenters. The number of nitrogens with zero attached hydrogens (tertiary/aromatic N) is 4. The van der Waals surface area contributed by atoms with Crippen molar-refractivity contribution < 1.29 is 23.1 Å². The third-order valence-corrected chi connectivity index (χ3v) is 6.95. The Labute approximate surface area is 241 Å². The van der Waals surface area contributed by atoms with Crippen LogP contribution in [0.2, 0.25) is 0 Å². The first kappa shape index (κ1) is 29.0. The summed E-state index contributed by atoms with van der Waals surface area (Å²) in [6.45, 7) is 9.60. The standard InChI is InChI=1S/C31H31F3N6O2/c1-4-26(41)36-20-8-9-23(32)22(16-20)21-7-5-6-19-17-35-30(38-29(19)21)37-24-10-11-25(28(34)27(24)33)40-14-12-39(13-15-40)18-31(2,3)42/h4-11,16-17,42H,1,12-15,18H2,2-3H3,(H,36,41)(H,35,37,38). The number of benzene rings is 3. The Morgan fingerprint density at radius 3 is 2.52 bits per heavy atom. The van der Waals surface area contributed by atoms with Gasteiger partial charge in [-0.05, 0) is 50.3 Å². The van der Waals surface area contributed by atoms with Crippen molar-refractivity contribution in [2.75, 3.05) is 48.3 Å². The van der Waals surface area contributed by atoms with Gasteiger partial charge < -0.3 is 20.6 Å². The summed E-state index contributed by atoms with van der Waals surface area (Å²) in [5, 5.41) is 16.0. The first-order valence-electron chi connectivity index (χ1n) is 13.5. The second-order valence-corrected chi connectivity index (χ2v) is 10.8. The highest BCUT2D eigenvalue weighted by molar-refractivity contribution is 6.00. The molecule has 0 spiro atoms. The zero-order chi connectivity index (χ0) is 30.0. The Balaban J connectivity index is 1.40. The number of nitrogens with one attached hydrogen (secondary N) is 2. The van der Waals surface area contributed by atoms with Crippen LogP contribution in [0.3, 0.4) is 0 Å². The molecule has 1 aliphatic rings. The van der Waals surface area contributed by atoms with Gasteiger partial charge in [-0.3, -0.25) is 9.69 Å². The van der Waals surface area contributed by atoms with Crippen LogP contribution in [0.1, 0.15) is 13.8 Å². The summed E-state index contributed by atoms with van der Waals surface area (Å²) in [5.74, 6) is -3.03. The fourth-order valence-electron chi connectivity index (χ4n) is 5.03. The summed E-state index contributed by atoms with van der Waals surface area (Å²) >= 11 is 0. The Hall–Kier alpha value is -4.48. The number of piperazine rings is 1. The first-order chi connectivity index (χ1) is 20.0. The van der Waals surface area contributed by atoms with Gasteiger partial charge in [0.05, 0.1) is 22.5 Å².